The molecule has 37 heavy (non-hydrogen) atoms. The van der Waals surface area contributed by atoms with Crippen LogP contribution in [0.3, 0.4) is 0 Å². The normalized spacial score (nSPS) is 13.2. The number of carboxylic acids is 1. The van der Waals surface area contributed by atoms with Gasteiger partial charge in [-0.2, -0.15) is 0 Å². The fourth-order valence-corrected chi connectivity index (χ4v) is 4.59. The summed E-state index contributed by atoms with van der Waals surface area (Å²) >= 11 is 0. The summed E-state index contributed by atoms with van der Waals surface area (Å²) in [7, 11) is 0. The quantitative estimate of drug-likeness (QED) is 0.397. The Balaban J connectivity index is 1.23. The number of carboxylic acid groups (broad SMARTS) is 1. The molecule has 186 valence electrons. The van der Waals surface area contributed by atoms with Gasteiger partial charge in [0.15, 0.2) is 5.82 Å². The SMILES string of the molecule is Cc1nnc(-c2ccc(CC(NC(=O)OCC3c4ccccc4Cc4ccccc43)C(=O)O)cc2)nn1. The molecule has 1 atom stereocenters. The molecule has 5 rings (SSSR count). The molecule has 1 heterocycles. The first-order chi connectivity index (χ1) is 18.0. The summed E-state index contributed by atoms with van der Waals surface area (Å²) in [6.07, 6.45) is 0.151. The Morgan fingerprint density at radius 3 is 2.11 bits per heavy atom. The number of rotatable bonds is 7. The number of hydrogen-bond donors (Lipinski definition) is 2. The third-order valence-corrected chi connectivity index (χ3v) is 6.44. The highest BCUT2D eigenvalue weighted by Gasteiger charge is 2.27. The molecular formula is C28H25N5O4. The van der Waals surface area contributed by atoms with Gasteiger partial charge in [-0.25, -0.2) is 9.59 Å². The summed E-state index contributed by atoms with van der Waals surface area (Å²) in [4.78, 5) is 24.5. The summed E-state index contributed by atoms with van der Waals surface area (Å²) in [5.41, 5.74) is 6.06. The Morgan fingerprint density at radius 2 is 1.51 bits per heavy atom. The van der Waals surface area contributed by atoms with Gasteiger partial charge in [0.25, 0.3) is 0 Å². The number of ether oxygens (including phenoxy) is 1. The van der Waals surface area contributed by atoms with Crippen molar-refractivity contribution in [2.45, 2.75) is 31.7 Å². The van der Waals surface area contributed by atoms with E-state index in [2.05, 4.69) is 50.0 Å². The average molecular weight is 496 g/mol. The maximum atomic E-state index is 12.7. The molecule has 9 heteroatoms. The number of hydrogen-bond acceptors (Lipinski definition) is 7. The molecular weight excluding hydrogens is 470 g/mol. The van der Waals surface area contributed by atoms with Crippen molar-refractivity contribution in [3.63, 3.8) is 0 Å². The molecule has 1 aromatic heterocycles. The smallest absolute Gasteiger partial charge is 0.407 e. The minimum atomic E-state index is -1.15. The van der Waals surface area contributed by atoms with Gasteiger partial charge in [0.1, 0.15) is 12.6 Å². The molecule has 4 aromatic rings. The summed E-state index contributed by atoms with van der Waals surface area (Å²) in [5, 5.41) is 28.0. The number of carbonyl (C=O) groups excluding carboxylic acids is 1. The van der Waals surface area contributed by atoms with E-state index in [1.807, 2.05) is 24.3 Å². The van der Waals surface area contributed by atoms with Gasteiger partial charge in [-0.3, -0.25) is 0 Å². The molecule has 0 radical (unpaired) electrons. The van der Waals surface area contributed by atoms with E-state index >= 15 is 0 Å². The Labute approximate surface area is 213 Å². The van der Waals surface area contributed by atoms with Crippen LogP contribution in [0.15, 0.2) is 72.8 Å². The average Bonchev–Trinajstić information content (AvgIpc) is 2.91. The molecule has 1 amide bonds. The van der Waals surface area contributed by atoms with E-state index in [0.29, 0.717) is 17.2 Å². The highest BCUT2D eigenvalue weighted by atomic mass is 16.5. The monoisotopic (exact) mass is 495 g/mol. The zero-order valence-electron chi connectivity index (χ0n) is 20.2. The molecule has 1 aliphatic carbocycles. The third kappa shape index (κ3) is 5.45. The number of benzene rings is 3. The lowest BCUT2D eigenvalue weighted by Crippen LogP contribution is -2.43. The lowest BCUT2D eigenvalue weighted by molar-refractivity contribution is -0.139. The van der Waals surface area contributed by atoms with Gasteiger partial charge in [0, 0.05) is 17.9 Å². The summed E-state index contributed by atoms with van der Waals surface area (Å²) in [5.74, 6) is -0.417. The largest absolute Gasteiger partial charge is 0.480 e. The van der Waals surface area contributed by atoms with Gasteiger partial charge < -0.3 is 15.2 Å². The highest BCUT2D eigenvalue weighted by Crippen LogP contribution is 2.36. The van der Waals surface area contributed by atoms with Crippen molar-refractivity contribution in [1.29, 1.82) is 0 Å². The van der Waals surface area contributed by atoms with Crippen molar-refractivity contribution < 1.29 is 19.4 Å². The van der Waals surface area contributed by atoms with Crippen molar-refractivity contribution in [2.75, 3.05) is 6.61 Å². The molecule has 0 saturated heterocycles. The van der Waals surface area contributed by atoms with Crippen LogP contribution in [0.5, 0.6) is 0 Å². The first kappa shape index (κ1) is 24.1. The Hall–Kier alpha value is -4.66. The van der Waals surface area contributed by atoms with Gasteiger partial charge in [-0.15, -0.1) is 20.4 Å². The second-order valence-corrected chi connectivity index (χ2v) is 8.93. The summed E-state index contributed by atoms with van der Waals surface area (Å²) in [6, 6.07) is 22.1. The standard InChI is InChI=1S/C28H25N5O4/c1-17-30-32-26(33-31-17)19-12-10-18(11-13-19)14-25(27(34)35)29-28(36)37-16-24-22-8-4-2-6-20(22)15-21-7-3-5-9-23(21)24/h2-13,24-25H,14-16H2,1H3,(H,29,36)(H,34,35). The molecule has 0 bridgehead atoms. The number of nitrogens with one attached hydrogen (secondary N) is 1. The highest BCUT2D eigenvalue weighted by molar-refractivity contribution is 5.80. The number of aliphatic carboxylic acids is 1. The number of aromatic nitrogens is 4. The van der Waals surface area contributed by atoms with Crippen LogP contribution in [-0.2, 0) is 22.4 Å². The molecule has 1 aliphatic rings. The number of aryl methyl sites for hydroxylation is 1. The van der Waals surface area contributed by atoms with Gasteiger partial charge in [0.05, 0.1) is 0 Å². The van der Waals surface area contributed by atoms with Crippen LogP contribution >= 0.6 is 0 Å². The van der Waals surface area contributed by atoms with E-state index in [9.17, 15) is 14.7 Å². The minimum Gasteiger partial charge on any atom is -0.480 e. The number of carbonyl (C=O) groups is 2. The molecule has 3 aromatic carbocycles. The Kier molecular flexibility index (Phi) is 6.85. The van der Waals surface area contributed by atoms with E-state index in [1.165, 1.54) is 11.1 Å². The second kappa shape index (κ2) is 10.5. The second-order valence-electron chi connectivity index (χ2n) is 8.93. The fraction of sp³-hybridized carbons (Fsp3) is 0.214. The number of amides is 1. The van der Waals surface area contributed by atoms with E-state index in [-0.39, 0.29) is 18.9 Å². The zero-order valence-corrected chi connectivity index (χ0v) is 20.2. The molecule has 0 saturated carbocycles. The first-order valence-corrected chi connectivity index (χ1v) is 11.9. The fourth-order valence-electron chi connectivity index (χ4n) is 4.59. The van der Waals surface area contributed by atoms with Crippen molar-refractivity contribution >= 4 is 12.1 Å². The summed E-state index contributed by atoms with van der Waals surface area (Å²) < 4.78 is 5.56. The van der Waals surface area contributed by atoms with Gasteiger partial charge in [-0.1, -0.05) is 72.8 Å². The molecule has 9 nitrogen and oxygen atoms in total. The van der Waals surface area contributed by atoms with Crippen LogP contribution in [0.1, 0.15) is 39.6 Å². The van der Waals surface area contributed by atoms with Gasteiger partial charge >= 0.3 is 12.1 Å². The molecule has 0 fully saturated rings. The Morgan fingerprint density at radius 1 is 0.919 bits per heavy atom. The lowest BCUT2D eigenvalue weighted by Gasteiger charge is -2.28. The first-order valence-electron chi connectivity index (χ1n) is 11.9. The Bertz CT molecular complexity index is 1380. The topological polar surface area (TPSA) is 127 Å². The van der Waals surface area contributed by atoms with E-state index in [4.69, 9.17) is 4.74 Å². The van der Waals surface area contributed by atoms with Crippen molar-refractivity contribution in [3.05, 3.63) is 106 Å². The minimum absolute atomic E-state index is 0.0884. The summed E-state index contributed by atoms with van der Waals surface area (Å²) in [6.45, 7) is 1.81. The van der Waals surface area contributed by atoms with Crippen LogP contribution in [-0.4, -0.2) is 50.2 Å². The van der Waals surface area contributed by atoms with Crippen LogP contribution in [0.2, 0.25) is 0 Å². The van der Waals surface area contributed by atoms with Crippen LogP contribution in [0.4, 0.5) is 4.79 Å². The number of fused-ring (bicyclic) bond motifs is 2. The zero-order chi connectivity index (χ0) is 25.8. The maximum absolute atomic E-state index is 12.7. The maximum Gasteiger partial charge on any atom is 0.407 e. The predicted molar refractivity (Wildman–Crippen MR) is 135 cm³/mol. The van der Waals surface area contributed by atoms with Crippen LogP contribution < -0.4 is 5.32 Å². The molecule has 2 N–H and O–H groups in total. The van der Waals surface area contributed by atoms with Crippen LogP contribution in [0, 0.1) is 6.92 Å². The molecule has 1 unspecified atom stereocenters. The van der Waals surface area contributed by atoms with Crippen molar-refractivity contribution in [2.24, 2.45) is 0 Å². The molecule has 0 aliphatic heterocycles. The van der Waals surface area contributed by atoms with Gasteiger partial charge in [-0.05, 0) is 41.2 Å². The van der Waals surface area contributed by atoms with Gasteiger partial charge in [0.2, 0.25) is 5.82 Å². The van der Waals surface area contributed by atoms with E-state index in [1.54, 1.807) is 31.2 Å². The number of alkyl carbamates (subject to hydrolysis) is 1. The predicted octanol–water partition coefficient (Wildman–Crippen LogP) is 3.70. The lowest BCUT2D eigenvalue weighted by atomic mass is 9.78. The third-order valence-electron chi connectivity index (χ3n) is 6.44. The van der Waals surface area contributed by atoms with Crippen LogP contribution in [0.25, 0.3) is 11.4 Å². The number of nitrogens with zero attached hydrogens (tertiary/aromatic N) is 4. The van der Waals surface area contributed by atoms with E-state index in [0.717, 1.165) is 23.1 Å². The molecule has 0 spiro atoms. The van der Waals surface area contributed by atoms with Crippen molar-refractivity contribution in [3.8, 4) is 11.4 Å². The van der Waals surface area contributed by atoms with E-state index < -0.39 is 18.1 Å². The van der Waals surface area contributed by atoms with Crippen molar-refractivity contribution in [1.82, 2.24) is 25.7 Å².